The number of para-hydroxylation sites is 1. The molecular weight excluding hydrogens is 308 g/mol. The highest BCUT2D eigenvalue weighted by Crippen LogP contribution is 2.30. The van der Waals surface area contributed by atoms with Gasteiger partial charge in [-0.15, -0.1) is 0 Å². The number of aliphatic carboxylic acids is 1. The predicted octanol–water partition coefficient (Wildman–Crippen LogP) is 1.95. The lowest BCUT2D eigenvalue weighted by molar-refractivity contribution is -0.154. The summed E-state index contributed by atoms with van der Waals surface area (Å²) >= 11 is 0. The second kappa shape index (κ2) is 6.65. The number of aryl methyl sites for hydroxylation is 1. The quantitative estimate of drug-likeness (QED) is 0.878. The molecule has 2 N–H and O–H groups in total. The van der Waals surface area contributed by atoms with E-state index in [4.69, 9.17) is 4.74 Å². The van der Waals surface area contributed by atoms with E-state index in [1.165, 1.54) is 0 Å². The molecule has 128 valence electrons. The van der Waals surface area contributed by atoms with Gasteiger partial charge in [-0.25, -0.2) is 0 Å². The number of hydrogen-bond acceptors (Lipinski definition) is 3. The van der Waals surface area contributed by atoms with E-state index < -0.39 is 11.4 Å². The summed E-state index contributed by atoms with van der Waals surface area (Å²) in [5.74, 6) is -1.04. The van der Waals surface area contributed by atoms with E-state index in [2.05, 4.69) is 5.32 Å². The fourth-order valence-electron chi connectivity index (χ4n) is 3.25. The number of rotatable bonds is 5. The van der Waals surface area contributed by atoms with Crippen molar-refractivity contribution in [2.24, 2.45) is 5.41 Å². The number of amides is 1. The third-order valence-electron chi connectivity index (χ3n) is 4.85. The monoisotopic (exact) mass is 330 g/mol. The fourth-order valence-corrected chi connectivity index (χ4v) is 3.25. The number of carboxylic acids is 1. The minimum Gasteiger partial charge on any atom is -0.481 e. The lowest BCUT2D eigenvalue weighted by atomic mass is 9.80. The van der Waals surface area contributed by atoms with Gasteiger partial charge in [-0.2, -0.15) is 0 Å². The van der Waals surface area contributed by atoms with Crippen molar-refractivity contribution in [3.05, 3.63) is 36.0 Å². The first-order chi connectivity index (χ1) is 11.5. The molecule has 1 aromatic carbocycles. The second-order valence-electron chi connectivity index (χ2n) is 6.41. The number of carbonyl (C=O) groups is 2. The van der Waals surface area contributed by atoms with Crippen molar-refractivity contribution in [1.29, 1.82) is 0 Å². The number of aromatic nitrogens is 1. The molecule has 1 aliphatic rings. The molecule has 0 radical (unpaired) electrons. The molecule has 0 saturated carbocycles. The summed E-state index contributed by atoms with van der Waals surface area (Å²) in [6.45, 7) is 3.13. The summed E-state index contributed by atoms with van der Waals surface area (Å²) in [7, 11) is 0. The molecule has 1 aromatic heterocycles. The van der Waals surface area contributed by atoms with Crippen LogP contribution in [0.5, 0.6) is 0 Å². The molecule has 0 bridgehead atoms. The molecule has 0 unspecified atom stereocenters. The second-order valence-corrected chi connectivity index (χ2v) is 6.41. The molecule has 6 nitrogen and oxygen atoms in total. The molecule has 3 rings (SSSR count). The summed E-state index contributed by atoms with van der Waals surface area (Å²) in [6, 6.07) is 9.94. The van der Waals surface area contributed by atoms with Gasteiger partial charge < -0.3 is 19.7 Å². The number of benzene rings is 1. The zero-order valence-corrected chi connectivity index (χ0v) is 13.7. The van der Waals surface area contributed by atoms with E-state index in [0.717, 1.165) is 16.6 Å². The third kappa shape index (κ3) is 3.14. The van der Waals surface area contributed by atoms with Gasteiger partial charge in [-0.05, 0) is 37.3 Å². The Morgan fingerprint density at radius 3 is 2.71 bits per heavy atom. The maximum atomic E-state index is 12.4. The van der Waals surface area contributed by atoms with Gasteiger partial charge in [0.1, 0.15) is 6.54 Å². The van der Waals surface area contributed by atoms with E-state index in [1.54, 1.807) is 0 Å². The Bertz CT molecular complexity index is 759. The average Bonchev–Trinajstić information content (AvgIpc) is 2.89. The van der Waals surface area contributed by atoms with Crippen molar-refractivity contribution in [2.45, 2.75) is 26.3 Å². The summed E-state index contributed by atoms with van der Waals surface area (Å²) in [5.41, 5.74) is 1.09. The number of carbonyl (C=O) groups excluding carboxylic acids is 1. The van der Waals surface area contributed by atoms with E-state index in [1.807, 2.05) is 41.8 Å². The zero-order valence-electron chi connectivity index (χ0n) is 13.7. The highest BCUT2D eigenvalue weighted by atomic mass is 16.5. The average molecular weight is 330 g/mol. The zero-order chi connectivity index (χ0) is 17.2. The van der Waals surface area contributed by atoms with E-state index in [-0.39, 0.29) is 19.0 Å². The molecule has 6 heteroatoms. The van der Waals surface area contributed by atoms with E-state index in [0.29, 0.717) is 26.1 Å². The Morgan fingerprint density at radius 1 is 1.29 bits per heavy atom. The van der Waals surface area contributed by atoms with Crippen LogP contribution in [-0.2, 0) is 20.9 Å². The van der Waals surface area contributed by atoms with Gasteiger partial charge >= 0.3 is 5.97 Å². The molecule has 24 heavy (non-hydrogen) atoms. The molecule has 1 aliphatic heterocycles. The Kier molecular flexibility index (Phi) is 4.57. The predicted molar refractivity (Wildman–Crippen MR) is 89.8 cm³/mol. The van der Waals surface area contributed by atoms with Gasteiger partial charge in [0, 0.05) is 31.0 Å². The Balaban J connectivity index is 1.69. The maximum absolute atomic E-state index is 12.4. The summed E-state index contributed by atoms with van der Waals surface area (Å²) in [4.78, 5) is 24.0. The largest absolute Gasteiger partial charge is 0.481 e. The standard InChI is InChI=1S/C18H22N2O4/c1-13-10-14-4-2-3-5-15(14)20(13)11-16(21)19-12-18(17(22)23)6-8-24-9-7-18/h2-5,10H,6-9,11-12H2,1H3,(H,19,21)(H,22,23). The van der Waals surface area contributed by atoms with Gasteiger partial charge in [0.2, 0.25) is 5.91 Å². The molecular formula is C18H22N2O4. The Hall–Kier alpha value is -2.34. The van der Waals surface area contributed by atoms with Crippen molar-refractivity contribution < 1.29 is 19.4 Å². The number of ether oxygens (including phenoxy) is 1. The number of fused-ring (bicyclic) bond motifs is 1. The minimum absolute atomic E-state index is 0.142. The Labute approximate surface area is 140 Å². The molecule has 1 amide bonds. The van der Waals surface area contributed by atoms with Crippen LogP contribution >= 0.6 is 0 Å². The summed E-state index contributed by atoms with van der Waals surface area (Å²) in [6.07, 6.45) is 0.849. The van der Waals surface area contributed by atoms with Crippen LogP contribution in [0.1, 0.15) is 18.5 Å². The van der Waals surface area contributed by atoms with Crippen LogP contribution in [0.15, 0.2) is 30.3 Å². The van der Waals surface area contributed by atoms with Crippen LogP contribution in [0.25, 0.3) is 10.9 Å². The van der Waals surface area contributed by atoms with E-state index >= 15 is 0 Å². The highest BCUT2D eigenvalue weighted by molar-refractivity contribution is 5.84. The number of hydrogen-bond donors (Lipinski definition) is 2. The number of carboxylic acid groups (broad SMARTS) is 1. The number of nitrogens with zero attached hydrogens (tertiary/aromatic N) is 1. The molecule has 2 heterocycles. The Morgan fingerprint density at radius 2 is 2.00 bits per heavy atom. The topological polar surface area (TPSA) is 80.6 Å². The lowest BCUT2D eigenvalue weighted by Crippen LogP contribution is -2.47. The van der Waals surface area contributed by atoms with Crippen molar-refractivity contribution >= 4 is 22.8 Å². The molecule has 0 aliphatic carbocycles. The van der Waals surface area contributed by atoms with Gasteiger partial charge in [-0.3, -0.25) is 9.59 Å². The first-order valence-corrected chi connectivity index (χ1v) is 8.15. The first-order valence-electron chi connectivity index (χ1n) is 8.15. The summed E-state index contributed by atoms with van der Waals surface area (Å²) in [5, 5.41) is 13.4. The molecule has 1 fully saturated rings. The fraction of sp³-hybridized carbons (Fsp3) is 0.444. The van der Waals surface area contributed by atoms with Crippen LogP contribution < -0.4 is 5.32 Å². The minimum atomic E-state index is -0.915. The molecule has 1 saturated heterocycles. The van der Waals surface area contributed by atoms with Gasteiger partial charge in [0.15, 0.2) is 0 Å². The summed E-state index contributed by atoms with van der Waals surface area (Å²) < 4.78 is 7.20. The van der Waals surface area contributed by atoms with Crippen LogP contribution in [0.2, 0.25) is 0 Å². The van der Waals surface area contributed by atoms with E-state index in [9.17, 15) is 14.7 Å². The highest BCUT2D eigenvalue weighted by Gasteiger charge is 2.40. The van der Waals surface area contributed by atoms with Gasteiger partial charge in [0.05, 0.1) is 5.41 Å². The number of nitrogens with one attached hydrogen (secondary N) is 1. The molecule has 0 atom stereocenters. The SMILES string of the molecule is Cc1cc2ccccc2n1CC(=O)NCC1(C(=O)O)CCOCC1. The lowest BCUT2D eigenvalue weighted by Gasteiger charge is -2.33. The maximum Gasteiger partial charge on any atom is 0.311 e. The van der Waals surface area contributed by atoms with Crippen molar-refractivity contribution in [3.63, 3.8) is 0 Å². The van der Waals surface area contributed by atoms with Crippen LogP contribution in [0.4, 0.5) is 0 Å². The van der Waals surface area contributed by atoms with Crippen LogP contribution in [-0.4, -0.2) is 41.3 Å². The van der Waals surface area contributed by atoms with Crippen LogP contribution in [0.3, 0.4) is 0 Å². The van der Waals surface area contributed by atoms with Crippen molar-refractivity contribution in [1.82, 2.24) is 9.88 Å². The smallest absolute Gasteiger partial charge is 0.311 e. The normalized spacial score (nSPS) is 16.9. The third-order valence-corrected chi connectivity index (χ3v) is 4.85. The van der Waals surface area contributed by atoms with Crippen LogP contribution in [0, 0.1) is 12.3 Å². The molecule has 0 spiro atoms. The molecule has 2 aromatic rings. The van der Waals surface area contributed by atoms with Crippen molar-refractivity contribution in [3.8, 4) is 0 Å². The van der Waals surface area contributed by atoms with Gasteiger partial charge in [0.25, 0.3) is 0 Å². The van der Waals surface area contributed by atoms with Crippen molar-refractivity contribution in [2.75, 3.05) is 19.8 Å². The van der Waals surface area contributed by atoms with Gasteiger partial charge in [-0.1, -0.05) is 18.2 Å². The first kappa shape index (κ1) is 16.5.